The number of nitrogens with one attached hydrogen (secondary N) is 1. The van der Waals surface area contributed by atoms with Gasteiger partial charge in [0.15, 0.2) is 0 Å². The van der Waals surface area contributed by atoms with Crippen molar-refractivity contribution in [3.05, 3.63) is 95.6 Å². The largest absolute Gasteiger partial charge is 0.331 e. The van der Waals surface area contributed by atoms with Gasteiger partial charge in [-0.15, -0.1) is 0 Å². The molecule has 3 nitrogen and oxygen atoms in total. The minimum atomic E-state index is -0.282. The Hall–Kier alpha value is -3.21. The number of amides is 2. The van der Waals surface area contributed by atoms with Gasteiger partial charge in [-0.1, -0.05) is 48.5 Å². The molecule has 0 saturated carbocycles. The van der Waals surface area contributed by atoms with Crippen LogP contribution < -0.4 is 5.32 Å². The molecule has 2 amide bonds. The van der Waals surface area contributed by atoms with E-state index in [1.807, 2.05) is 36.1 Å². The first-order valence-electron chi connectivity index (χ1n) is 9.70. The summed E-state index contributed by atoms with van der Waals surface area (Å²) in [6.45, 7) is 2.62. The van der Waals surface area contributed by atoms with E-state index >= 15 is 0 Å². The molecule has 0 aliphatic carbocycles. The molecule has 1 heterocycles. The standard InChI is InChI=1S/C24H22F2N2O/c1-16(17-2-4-18(5-3-17)19-6-10-21(25)11-7-19)28-15-14-23(27-24(28)29)20-8-12-22(26)13-9-20/h2-13,16,23H,14-15H2,1H3,(H,27,29). The highest BCUT2D eigenvalue weighted by Crippen LogP contribution is 2.29. The molecular formula is C24H22F2N2O. The number of carbonyl (C=O) groups is 1. The highest BCUT2D eigenvalue weighted by molar-refractivity contribution is 5.76. The summed E-state index contributed by atoms with van der Waals surface area (Å²) < 4.78 is 26.2. The second-order valence-corrected chi connectivity index (χ2v) is 7.34. The normalized spacial score (nSPS) is 17.7. The zero-order chi connectivity index (χ0) is 20.4. The van der Waals surface area contributed by atoms with Gasteiger partial charge in [-0.2, -0.15) is 0 Å². The molecule has 1 saturated heterocycles. The molecule has 2 unspecified atom stereocenters. The SMILES string of the molecule is CC(c1ccc(-c2ccc(F)cc2)cc1)N1CCC(c2ccc(F)cc2)NC1=O. The lowest BCUT2D eigenvalue weighted by Crippen LogP contribution is -2.48. The molecule has 4 rings (SSSR count). The Balaban J connectivity index is 1.44. The van der Waals surface area contributed by atoms with E-state index in [2.05, 4.69) is 5.32 Å². The van der Waals surface area contributed by atoms with Gasteiger partial charge in [0, 0.05) is 6.54 Å². The monoisotopic (exact) mass is 392 g/mol. The fourth-order valence-electron chi connectivity index (χ4n) is 3.76. The zero-order valence-corrected chi connectivity index (χ0v) is 16.1. The minimum absolute atomic E-state index is 0.0774. The van der Waals surface area contributed by atoms with Crippen LogP contribution in [0.25, 0.3) is 11.1 Å². The van der Waals surface area contributed by atoms with Crippen molar-refractivity contribution in [1.82, 2.24) is 10.2 Å². The smallest absolute Gasteiger partial charge is 0.318 e. The number of benzene rings is 3. The van der Waals surface area contributed by atoms with E-state index < -0.39 is 0 Å². The van der Waals surface area contributed by atoms with Crippen LogP contribution in [-0.2, 0) is 0 Å². The third-order valence-electron chi connectivity index (χ3n) is 5.53. The first kappa shape index (κ1) is 19.1. The molecule has 0 bridgehead atoms. The summed E-state index contributed by atoms with van der Waals surface area (Å²) in [6, 6.07) is 20.3. The third-order valence-corrected chi connectivity index (χ3v) is 5.53. The topological polar surface area (TPSA) is 32.3 Å². The summed E-state index contributed by atoms with van der Waals surface area (Å²) >= 11 is 0. The van der Waals surface area contributed by atoms with E-state index in [1.54, 1.807) is 24.3 Å². The maximum absolute atomic E-state index is 13.1. The minimum Gasteiger partial charge on any atom is -0.331 e. The van der Waals surface area contributed by atoms with E-state index in [0.29, 0.717) is 6.54 Å². The Morgan fingerprint density at radius 1 is 0.862 bits per heavy atom. The van der Waals surface area contributed by atoms with Gasteiger partial charge in [-0.25, -0.2) is 13.6 Å². The molecule has 3 aromatic rings. The Bertz CT molecular complexity index is 985. The lowest BCUT2D eigenvalue weighted by molar-refractivity contribution is 0.154. The van der Waals surface area contributed by atoms with Gasteiger partial charge in [0.25, 0.3) is 0 Å². The Labute approximate surface area is 169 Å². The predicted octanol–water partition coefficient (Wildman–Crippen LogP) is 5.85. The number of carbonyl (C=O) groups excluding carboxylic acids is 1. The Kier molecular flexibility index (Phi) is 5.30. The van der Waals surface area contributed by atoms with Gasteiger partial charge in [0.05, 0.1) is 12.1 Å². The van der Waals surface area contributed by atoms with Crippen molar-refractivity contribution >= 4 is 6.03 Å². The molecule has 1 aliphatic rings. The number of hydrogen-bond acceptors (Lipinski definition) is 1. The van der Waals surface area contributed by atoms with Crippen molar-refractivity contribution in [3.63, 3.8) is 0 Å². The summed E-state index contributed by atoms with van der Waals surface area (Å²) in [6.07, 6.45) is 0.759. The van der Waals surface area contributed by atoms with Crippen molar-refractivity contribution in [2.24, 2.45) is 0 Å². The van der Waals surface area contributed by atoms with Crippen molar-refractivity contribution in [2.75, 3.05) is 6.54 Å². The first-order chi connectivity index (χ1) is 14.0. The van der Waals surface area contributed by atoms with E-state index in [-0.39, 0.29) is 29.7 Å². The van der Waals surface area contributed by atoms with Gasteiger partial charge in [0.2, 0.25) is 0 Å². The molecular weight excluding hydrogens is 370 g/mol. The van der Waals surface area contributed by atoms with Crippen LogP contribution >= 0.6 is 0 Å². The highest BCUT2D eigenvalue weighted by atomic mass is 19.1. The molecule has 0 aromatic heterocycles. The summed E-state index contributed by atoms with van der Waals surface area (Å²) in [5.41, 5.74) is 3.89. The third kappa shape index (κ3) is 4.14. The highest BCUT2D eigenvalue weighted by Gasteiger charge is 2.29. The molecule has 5 heteroatoms. The number of nitrogens with zero attached hydrogens (tertiary/aromatic N) is 1. The maximum atomic E-state index is 13.1. The number of urea groups is 1. The maximum Gasteiger partial charge on any atom is 0.318 e. The molecule has 1 aliphatic heterocycles. The van der Waals surface area contributed by atoms with Crippen molar-refractivity contribution in [3.8, 4) is 11.1 Å². The second-order valence-electron chi connectivity index (χ2n) is 7.34. The average molecular weight is 392 g/mol. The first-order valence-corrected chi connectivity index (χ1v) is 9.70. The van der Waals surface area contributed by atoms with Crippen LogP contribution in [0.4, 0.5) is 13.6 Å². The van der Waals surface area contributed by atoms with E-state index in [0.717, 1.165) is 28.7 Å². The van der Waals surface area contributed by atoms with Gasteiger partial charge in [0.1, 0.15) is 11.6 Å². The molecule has 2 atom stereocenters. The van der Waals surface area contributed by atoms with Crippen molar-refractivity contribution < 1.29 is 13.6 Å². The number of hydrogen-bond donors (Lipinski definition) is 1. The van der Waals surface area contributed by atoms with Crippen molar-refractivity contribution in [1.29, 1.82) is 0 Å². The fraction of sp³-hybridized carbons (Fsp3) is 0.208. The van der Waals surface area contributed by atoms with Crippen LogP contribution in [0.15, 0.2) is 72.8 Å². The average Bonchev–Trinajstić information content (AvgIpc) is 2.74. The summed E-state index contributed by atoms with van der Waals surface area (Å²) in [7, 11) is 0. The van der Waals surface area contributed by atoms with Gasteiger partial charge < -0.3 is 10.2 Å². The molecule has 1 fully saturated rings. The fourth-order valence-corrected chi connectivity index (χ4v) is 3.76. The van der Waals surface area contributed by atoms with E-state index in [4.69, 9.17) is 0 Å². The van der Waals surface area contributed by atoms with Crippen LogP contribution in [0.2, 0.25) is 0 Å². The number of halogens is 2. The molecule has 148 valence electrons. The molecule has 0 radical (unpaired) electrons. The van der Waals surface area contributed by atoms with Crippen LogP contribution in [0.5, 0.6) is 0 Å². The number of rotatable bonds is 4. The van der Waals surface area contributed by atoms with Gasteiger partial charge in [-0.05, 0) is 59.9 Å². The van der Waals surface area contributed by atoms with Gasteiger partial charge >= 0.3 is 6.03 Å². The molecule has 3 aromatic carbocycles. The summed E-state index contributed by atoms with van der Waals surface area (Å²) in [5, 5.41) is 3.02. The lowest BCUT2D eigenvalue weighted by Gasteiger charge is -2.37. The van der Waals surface area contributed by atoms with E-state index in [1.165, 1.54) is 24.3 Å². The van der Waals surface area contributed by atoms with Gasteiger partial charge in [-0.3, -0.25) is 0 Å². The predicted molar refractivity (Wildman–Crippen MR) is 109 cm³/mol. The van der Waals surface area contributed by atoms with Crippen LogP contribution in [0.3, 0.4) is 0 Å². The van der Waals surface area contributed by atoms with E-state index in [9.17, 15) is 13.6 Å². The Morgan fingerprint density at radius 3 is 1.93 bits per heavy atom. The zero-order valence-electron chi connectivity index (χ0n) is 16.1. The van der Waals surface area contributed by atoms with Crippen molar-refractivity contribution in [2.45, 2.75) is 25.4 Å². The summed E-state index contributed by atoms with van der Waals surface area (Å²) in [5.74, 6) is -0.538. The summed E-state index contributed by atoms with van der Waals surface area (Å²) in [4.78, 5) is 14.5. The van der Waals surface area contributed by atoms with Crippen LogP contribution in [0, 0.1) is 11.6 Å². The quantitative estimate of drug-likeness (QED) is 0.594. The van der Waals surface area contributed by atoms with Crippen LogP contribution in [-0.4, -0.2) is 17.5 Å². The van der Waals surface area contributed by atoms with Crippen LogP contribution in [0.1, 0.15) is 36.6 Å². The lowest BCUT2D eigenvalue weighted by atomic mass is 9.98. The molecule has 0 spiro atoms. The second kappa shape index (κ2) is 8.03. The Morgan fingerprint density at radius 2 is 1.38 bits per heavy atom. The molecule has 1 N–H and O–H groups in total. The molecule has 29 heavy (non-hydrogen) atoms.